The molecular weight excluding hydrogens is 227 g/mol. The summed E-state index contributed by atoms with van der Waals surface area (Å²) in [5, 5.41) is 0. The number of carbonyl (C=O) groups excluding carboxylic acids is 1. The molecular formula is C16H11FO. The Morgan fingerprint density at radius 2 is 1.67 bits per heavy atom. The zero-order valence-corrected chi connectivity index (χ0v) is 9.69. The van der Waals surface area contributed by atoms with Crippen molar-refractivity contribution < 1.29 is 9.18 Å². The Bertz CT molecular complexity index is 588. The number of hydrogen-bond acceptors (Lipinski definition) is 1. The van der Waals surface area contributed by atoms with Crippen molar-refractivity contribution in [2.45, 2.75) is 6.42 Å². The van der Waals surface area contributed by atoms with Crippen molar-refractivity contribution in [3.63, 3.8) is 0 Å². The number of benzene rings is 2. The van der Waals surface area contributed by atoms with Crippen LogP contribution < -0.4 is 0 Å². The van der Waals surface area contributed by atoms with E-state index in [2.05, 4.69) is 11.8 Å². The Labute approximate surface area is 105 Å². The highest BCUT2D eigenvalue weighted by atomic mass is 19.1. The second kappa shape index (κ2) is 5.79. The zero-order valence-electron chi connectivity index (χ0n) is 9.69. The second-order valence-electron chi connectivity index (χ2n) is 3.84. The van der Waals surface area contributed by atoms with Gasteiger partial charge in [-0.25, -0.2) is 4.39 Å². The fraction of sp³-hybridized carbons (Fsp3) is 0.0625. The molecule has 0 bridgehead atoms. The van der Waals surface area contributed by atoms with Gasteiger partial charge in [-0.1, -0.05) is 36.3 Å². The van der Waals surface area contributed by atoms with Gasteiger partial charge in [0.05, 0.1) is 0 Å². The molecule has 0 heterocycles. The number of carbonyl (C=O) groups is 1. The Hall–Kier alpha value is -2.40. The van der Waals surface area contributed by atoms with Crippen LogP contribution in [0, 0.1) is 17.7 Å². The van der Waals surface area contributed by atoms with E-state index >= 15 is 0 Å². The Kier molecular flexibility index (Phi) is 3.88. The first-order chi connectivity index (χ1) is 8.74. The molecule has 0 saturated heterocycles. The summed E-state index contributed by atoms with van der Waals surface area (Å²) in [6.07, 6.45) is 0.208. The minimum absolute atomic E-state index is 0.175. The van der Waals surface area contributed by atoms with E-state index in [0.717, 1.165) is 11.1 Å². The fourth-order valence-corrected chi connectivity index (χ4v) is 1.50. The number of hydrogen-bond donors (Lipinski definition) is 0. The number of halogens is 1. The molecule has 0 fully saturated rings. The van der Waals surface area contributed by atoms with E-state index < -0.39 is 0 Å². The van der Waals surface area contributed by atoms with Crippen LogP contribution in [0.25, 0.3) is 0 Å². The quantitative estimate of drug-likeness (QED) is 0.735. The van der Waals surface area contributed by atoms with Crippen LogP contribution in [-0.2, 0) is 11.2 Å². The van der Waals surface area contributed by atoms with E-state index in [4.69, 9.17) is 0 Å². The van der Waals surface area contributed by atoms with Gasteiger partial charge in [0.1, 0.15) is 5.82 Å². The van der Waals surface area contributed by atoms with Gasteiger partial charge in [-0.15, -0.1) is 0 Å². The Morgan fingerprint density at radius 1 is 1.00 bits per heavy atom. The standard InChI is InChI=1S/C16H11FO/c17-15-9-6-14(7-10-15)12-16(18)11-8-13-4-2-1-3-5-13/h1-7,9-10H,12H2. The molecule has 2 aromatic rings. The molecule has 0 atom stereocenters. The first-order valence-corrected chi connectivity index (χ1v) is 5.58. The summed E-state index contributed by atoms with van der Waals surface area (Å²) < 4.78 is 12.7. The molecule has 2 heteroatoms. The molecule has 2 rings (SSSR count). The van der Waals surface area contributed by atoms with E-state index in [-0.39, 0.29) is 18.0 Å². The summed E-state index contributed by atoms with van der Waals surface area (Å²) in [7, 11) is 0. The number of rotatable bonds is 2. The summed E-state index contributed by atoms with van der Waals surface area (Å²) in [6, 6.07) is 15.2. The minimum Gasteiger partial charge on any atom is -0.285 e. The molecule has 0 radical (unpaired) electrons. The summed E-state index contributed by atoms with van der Waals surface area (Å²) in [5.41, 5.74) is 1.58. The molecule has 0 spiro atoms. The third kappa shape index (κ3) is 3.57. The predicted octanol–water partition coefficient (Wildman–Crippen LogP) is 2.99. The topological polar surface area (TPSA) is 17.1 Å². The predicted molar refractivity (Wildman–Crippen MR) is 68.4 cm³/mol. The molecule has 18 heavy (non-hydrogen) atoms. The van der Waals surface area contributed by atoms with Gasteiger partial charge >= 0.3 is 0 Å². The van der Waals surface area contributed by atoms with Crippen LogP contribution in [0.5, 0.6) is 0 Å². The summed E-state index contributed by atoms with van der Waals surface area (Å²) in [4.78, 5) is 11.6. The fourth-order valence-electron chi connectivity index (χ4n) is 1.50. The van der Waals surface area contributed by atoms with Crippen molar-refractivity contribution in [3.05, 3.63) is 71.5 Å². The van der Waals surface area contributed by atoms with Gasteiger partial charge < -0.3 is 0 Å². The van der Waals surface area contributed by atoms with Crippen LogP contribution >= 0.6 is 0 Å². The number of Topliss-reactive ketones (excluding diaryl/α,β-unsaturated/α-hetero) is 1. The highest BCUT2D eigenvalue weighted by Crippen LogP contribution is 2.03. The van der Waals surface area contributed by atoms with Crippen molar-refractivity contribution in [1.29, 1.82) is 0 Å². The molecule has 0 aliphatic heterocycles. The van der Waals surface area contributed by atoms with Gasteiger partial charge in [0.25, 0.3) is 0 Å². The lowest BCUT2D eigenvalue weighted by atomic mass is 10.1. The largest absolute Gasteiger partial charge is 0.285 e. The van der Waals surface area contributed by atoms with Crippen molar-refractivity contribution in [1.82, 2.24) is 0 Å². The average molecular weight is 238 g/mol. The zero-order chi connectivity index (χ0) is 12.8. The first kappa shape index (κ1) is 12.1. The Balaban J connectivity index is 2.01. The minimum atomic E-state index is -0.304. The van der Waals surface area contributed by atoms with Crippen LogP contribution in [0.4, 0.5) is 4.39 Å². The highest BCUT2D eigenvalue weighted by molar-refractivity contribution is 5.97. The third-order valence-electron chi connectivity index (χ3n) is 2.40. The lowest BCUT2D eigenvalue weighted by molar-refractivity contribution is -0.113. The van der Waals surface area contributed by atoms with Gasteiger partial charge in [0.2, 0.25) is 5.78 Å². The van der Waals surface area contributed by atoms with Crippen LogP contribution in [-0.4, -0.2) is 5.78 Å². The van der Waals surface area contributed by atoms with Crippen LogP contribution in [0.3, 0.4) is 0 Å². The monoisotopic (exact) mass is 238 g/mol. The molecule has 0 saturated carbocycles. The molecule has 0 aliphatic carbocycles. The van der Waals surface area contributed by atoms with Crippen LogP contribution in [0.1, 0.15) is 11.1 Å². The molecule has 0 unspecified atom stereocenters. The summed E-state index contributed by atoms with van der Waals surface area (Å²) >= 11 is 0. The highest BCUT2D eigenvalue weighted by Gasteiger charge is 2.00. The molecule has 2 aromatic carbocycles. The van der Waals surface area contributed by atoms with Crippen LogP contribution in [0.15, 0.2) is 54.6 Å². The van der Waals surface area contributed by atoms with Gasteiger partial charge in [-0.3, -0.25) is 4.79 Å². The first-order valence-electron chi connectivity index (χ1n) is 5.58. The molecule has 88 valence electrons. The van der Waals surface area contributed by atoms with Crippen molar-refractivity contribution in [2.24, 2.45) is 0 Å². The maximum Gasteiger partial charge on any atom is 0.210 e. The lowest BCUT2D eigenvalue weighted by Gasteiger charge is -1.95. The van der Waals surface area contributed by atoms with Gasteiger partial charge in [0.15, 0.2) is 0 Å². The van der Waals surface area contributed by atoms with Crippen molar-refractivity contribution in [2.75, 3.05) is 0 Å². The third-order valence-corrected chi connectivity index (χ3v) is 2.40. The molecule has 0 aliphatic rings. The average Bonchev–Trinajstić information content (AvgIpc) is 2.40. The normalized spacial score (nSPS) is 9.39. The van der Waals surface area contributed by atoms with Crippen LogP contribution in [0.2, 0.25) is 0 Å². The summed E-state index contributed by atoms with van der Waals surface area (Å²) in [5.74, 6) is 4.90. The molecule has 0 amide bonds. The SMILES string of the molecule is O=C(C#Cc1ccccc1)Cc1ccc(F)cc1. The van der Waals surface area contributed by atoms with Gasteiger partial charge in [-0.2, -0.15) is 0 Å². The van der Waals surface area contributed by atoms with E-state index in [9.17, 15) is 9.18 Å². The molecule has 0 N–H and O–H groups in total. The smallest absolute Gasteiger partial charge is 0.210 e. The second-order valence-corrected chi connectivity index (χ2v) is 3.84. The van der Waals surface area contributed by atoms with Gasteiger partial charge in [0, 0.05) is 12.0 Å². The van der Waals surface area contributed by atoms with Gasteiger partial charge in [-0.05, 0) is 35.7 Å². The number of ketones is 1. The van der Waals surface area contributed by atoms with E-state index in [1.54, 1.807) is 12.1 Å². The van der Waals surface area contributed by atoms with E-state index in [1.807, 2.05) is 30.3 Å². The maximum atomic E-state index is 12.7. The van der Waals surface area contributed by atoms with E-state index in [1.165, 1.54) is 12.1 Å². The molecule has 0 aromatic heterocycles. The molecule has 1 nitrogen and oxygen atoms in total. The van der Waals surface area contributed by atoms with E-state index in [0.29, 0.717) is 0 Å². The summed E-state index contributed by atoms with van der Waals surface area (Å²) in [6.45, 7) is 0. The van der Waals surface area contributed by atoms with Crippen molar-refractivity contribution >= 4 is 5.78 Å². The Morgan fingerprint density at radius 3 is 2.33 bits per heavy atom. The van der Waals surface area contributed by atoms with Crippen molar-refractivity contribution in [3.8, 4) is 11.8 Å². The maximum absolute atomic E-state index is 12.7. The lowest BCUT2D eigenvalue weighted by Crippen LogP contribution is -1.99.